The van der Waals surface area contributed by atoms with Gasteiger partial charge in [0.15, 0.2) is 23.1 Å². The van der Waals surface area contributed by atoms with Crippen LogP contribution < -0.4 is 11.5 Å². The van der Waals surface area contributed by atoms with Crippen molar-refractivity contribution in [3.63, 3.8) is 0 Å². The van der Waals surface area contributed by atoms with Gasteiger partial charge in [0, 0.05) is 0 Å². The molecule has 2 rings (SSSR count). The Hall–Kier alpha value is -2.44. The average molecular weight is 318 g/mol. The average Bonchev–Trinajstić information content (AvgIpc) is 2.88. The van der Waals surface area contributed by atoms with Gasteiger partial charge in [0.1, 0.15) is 12.4 Å². The summed E-state index contributed by atoms with van der Waals surface area (Å²) in [5, 5.41) is 27.0. The van der Waals surface area contributed by atoms with Crippen molar-refractivity contribution >= 4 is 28.8 Å². The molecule has 2 heterocycles. The minimum absolute atomic E-state index is 0.129. The van der Waals surface area contributed by atoms with E-state index in [9.17, 15) is 18.7 Å². The SMILES string of the molecule is Nc1nc(N)c2ncn(C(=O)C(F)(F)[C@H](O)[C@H](O)CO)c2n1. The fourth-order valence-corrected chi connectivity index (χ4v) is 1.72. The molecule has 0 aromatic carbocycles. The highest BCUT2D eigenvalue weighted by atomic mass is 19.3. The van der Waals surface area contributed by atoms with Gasteiger partial charge in [-0.15, -0.1) is 0 Å². The van der Waals surface area contributed by atoms with E-state index >= 15 is 0 Å². The molecule has 0 saturated heterocycles. The lowest BCUT2D eigenvalue weighted by molar-refractivity contribution is -0.136. The Morgan fingerprint density at radius 2 is 2.00 bits per heavy atom. The van der Waals surface area contributed by atoms with Gasteiger partial charge in [-0.2, -0.15) is 18.7 Å². The second kappa shape index (κ2) is 5.40. The standard InChI is InChI=1S/C10H12F2N6O4/c11-10(12,5(21)3(20)1-19)8(22)18-2-15-4-6(13)16-9(14)17-7(4)18/h2-3,5,19-21H,1H2,(H4,13,14,16,17)/t3-,5-/m1/s1. The summed E-state index contributed by atoms with van der Waals surface area (Å²) in [6.07, 6.45) is -4.32. The molecule has 0 aliphatic rings. The molecule has 0 bridgehead atoms. The summed E-state index contributed by atoms with van der Waals surface area (Å²) >= 11 is 0. The number of carbonyl (C=O) groups excluding carboxylic acids is 1. The minimum Gasteiger partial charge on any atom is -0.394 e. The molecule has 10 nitrogen and oxygen atoms in total. The summed E-state index contributed by atoms with van der Waals surface area (Å²) in [6, 6.07) is 0. The fourth-order valence-electron chi connectivity index (χ4n) is 1.72. The van der Waals surface area contributed by atoms with Crippen LogP contribution in [0.5, 0.6) is 0 Å². The van der Waals surface area contributed by atoms with E-state index in [4.69, 9.17) is 21.7 Å². The number of nitrogen functional groups attached to an aromatic ring is 2. The van der Waals surface area contributed by atoms with Gasteiger partial charge in [0.05, 0.1) is 6.61 Å². The monoisotopic (exact) mass is 318 g/mol. The van der Waals surface area contributed by atoms with Gasteiger partial charge in [-0.3, -0.25) is 4.79 Å². The Kier molecular flexibility index (Phi) is 3.91. The zero-order valence-corrected chi connectivity index (χ0v) is 10.9. The molecule has 22 heavy (non-hydrogen) atoms. The van der Waals surface area contributed by atoms with E-state index in [1.807, 2.05) is 0 Å². The van der Waals surface area contributed by atoms with E-state index in [1.165, 1.54) is 0 Å². The summed E-state index contributed by atoms with van der Waals surface area (Å²) in [4.78, 5) is 22.7. The summed E-state index contributed by atoms with van der Waals surface area (Å²) in [6.45, 7) is -1.16. The molecule has 0 saturated carbocycles. The molecule has 0 radical (unpaired) electrons. The second-order valence-corrected chi connectivity index (χ2v) is 4.38. The molecule has 7 N–H and O–H groups in total. The van der Waals surface area contributed by atoms with E-state index in [0.29, 0.717) is 10.9 Å². The van der Waals surface area contributed by atoms with Crippen molar-refractivity contribution in [1.82, 2.24) is 19.5 Å². The van der Waals surface area contributed by atoms with Crippen LogP contribution in [0, 0.1) is 0 Å². The zero-order valence-electron chi connectivity index (χ0n) is 10.9. The smallest absolute Gasteiger partial charge is 0.353 e. The molecule has 2 aromatic heterocycles. The molecule has 0 unspecified atom stereocenters. The highest BCUT2D eigenvalue weighted by Gasteiger charge is 2.51. The first-order valence-electron chi connectivity index (χ1n) is 5.85. The molecule has 0 spiro atoms. The number of nitrogens with zero attached hydrogens (tertiary/aromatic N) is 4. The Balaban J connectivity index is 2.50. The number of hydrogen-bond acceptors (Lipinski definition) is 9. The maximum atomic E-state index is 13.9. The molecule has 2 aromatic rings. The Morgan fingerprint density at radius 3 is 2.59 bits per heavy atom. The number of aliphatic hydroxyl groups is 3. The van der Waals surface area contributed by atoms with E-state index in [0.717, 1.165) is 0 Å². The van der Waals surface area contributed by atoms with Crippen LogP contribution in [0.4, 0.5) is 20.5 Å². The third-order valence-corrected chi connectivity index (χ3v) is 2.87. The highest BCUT2D eigenvalue weighted by molar-refractivity contribution is 5.95. The lowest BCUT2D eigenvalue weighted by Gasteiger charge is -2.24. The number of hydrogen-bond donors (Lipinski definition) is 5. The maximum Gasteiger partial charge on any atom is 0.353 e. The first-order chi connectivity index (χ1) is 10.2. The summed E-state index contributed by atoms with van der Waals surface area (Å²) in [5.41, 5.74) is 10.3. The first-order valence-corrected chi connectivity index (χ1v) is 5.85. The number of alkyl halides is 2. The van der Waals surface area contributed by atoms with Gasteiger partial charge < -0.3 is 26.8 Å². The zero-order chi connectivity index (χ0) is 16.7. The molecular formula is C10H12F2N6O4. The van der Waals surface area contributed by atoms with Crippen molar-refractivity contribution in [3.8, 4) is 0 Å². The number of carbonyl (C=O) groups is 1. The van der Waals surface area contributed by atoms with Crippen LogP contribution in [0.15, 0.2) is 6.33 Å². The molecular weight excluding hydrogens is 306 g/mol. The molecule has 0 aliphatic carbocycles. The van der Waals surface area contributed by atoms with E-state index in [2.05, 4.69) is 15.0 Å². The van der Waals surface area contributed by atoms with Crippen LogP contribution in [0.25, 0.3) is 11.2 Å². The van der Waals surface area contributed by atoms with Gasteiger partial charge >= 0.3 is 11.8 Å². The topological polar surface area (TPSA) is 173 Å². The molecule has 0 aliphatic heterocycles. The summed E-state index contributed by atoms with van der Waals surface area (Å²) in [5.74, 6) is -6.91. The van der Waals surface area contributed by atoms with Gasteiger partial charge in [0.2, 0.25) is 5.95 Å². The summed E-state index contributed by atoms with van der Waals surface area (Å²) < 4.78 is 28.2. The van der Waals surface area contributed by atoms with Gasteiger partial charge in [-0.05, 0) is 0 Å². The van der Waals surface area contributed by atoms with E-state index in [1.54, 1.807) is 0 Å². The number of imidazole rings is 1. The lowest BCUT2D eigenvalue weighted by Crippen LogP contribution is -2.51. The van der Waals surface area contributed by atoms with E-state index < -0.39 is 30.6 Å². The van der Waals surface area contributed by atoms with Crippen molar-refractivity contribution in [3.05, 3.63) is 6.33 Å². The van der Waals surface area contributed by atoms with Crippen molar-refractivity contribution in [2.75, 3.05) is 18.1 Å². The number of aliphatic hydroxyl groups excluding tert-OH is 3. The lowest BCUT2D eigenvalue weighted by atomic mass is 10.1. The van der Waals surface area contributed by atoms with Crippen molar-refractivity contribution in [1.29, 1.82) is 0 Å². The quantitative estimate of drug-likeness (QED) is 0.426. The molecule has 2 atom stereocenters. The van der Waals surface area contributed by atoms with Crippen LogP contribution in [0.1, 0.15) is 4.79 Å². The number of anilines is 2. The second-order valence-electron chi connectivity index (χ2n) is 4.38. The Morgan fingerprint density at radius 1 is 1.36 bits per heavy atom. The van der Waals surface area contributed by atoms with Gasteiger partial charge in [-0.1, -0.05) is 0 Å². The normalized spacial score (nSPS) is 15.0. The molecule has 12 heteroatoms. The first kappa shape index (κ1) is 15.9. The number of nitrogens with two attached hydrogens (primary N) is 2. The van der Waals surface area contributed by atoms with Gasteiger partial charge in [-0.25, -0.2) is 9.55 Å². The Bertz CT molecular complexity index is 721. The largest absolute Gasteiger partial charge is 0.394 e. The van der Waals surface area contributed by atoms with Crippen LogP contribution in [-0.4, -0.2) is 65.5 Å². The number of halogens is 2. The third kappa shape index (κ3) is 2.43. The highest BCUT2D eigenvalue weighted by Crippen LogP contribution is 2.26. The summed E-state index contributed by atoms with van der Waals surface area (Å²) in [7, 11) is 0. The van der Waals surface area contributed by atoms with Crippen molar-refractivity contribution < 1.29 is 28.9 Å². The molecule has 0 amide bonds. The predicted octanol–water partition coefficient (Wildman–Crippen LogP) is -2.02. The van der Waals surface area contributed by atoms with Crippen LogP contribution in [-0.2, 0) is 0 Å². The fraction of sp³-hybridized carbons (Fsp3) is 0.400. The van der Waals surface area contributed by atoms with Crippen LogP contribution in [0.3, 0.4) is 0 Å². The maximum absolute atomic E-state index is 13.9. The predicted molar refractivity (Wildman–Crippen MR) is 68.8 cm³/mol. The number of aromatic nitrogens is 4. The van der Waals surface area contributed by atoms with E-state index in [-0.39, 0.29) is 22.9 Å². The molecule has 120 valence electrons. The number of rotatable bonds is 4. The van der Waals surface area contributed by atoms with Gasteiger partial charge in [0.25, 0.3) is 0 Å². The molecule has 0 fully saturated rings. The minimum atomic E-state index is -4.41. The Labute approximate surface area is 121 Å². The van der Waals surface area contributed by atoms with Crippen molar-refractivity contribution in [2.24, 2.45) is 0 Å². The van der Waals surface area contributed by atoms with Crippen LogP contribution in [0.2, 0.25) is 0 Å². The van der Waals surface area contributed by atoms with Crippen LogP contribution >= 0.6 is 0 Å². The third-order valence-electron chi connectivity index (χ3n) is 2.87. The van der Waals surface area contributed by atoms with Crippen molar-refractivity contribution in [2.45, 2.75) is 18.1 Å². The number of fused-ring (bicyclic) bond motifs is 1.